The third kappa shape index (κ3) is 3.50. The van der Waals surface area contributed by atoms with E-state index in [1.54, 1.807) is 4.68 Å². The molecule has 2 aliphatic rings. The summed E-state index contributed by atoms with van der Waals surface area (Å²) in [6, 6.07) is 7.55. The van der Waals surface area contributed by atoms with Crippen molar-refractivity contribution in [2.75, 3.05) is 6.61 Å². The number of nitrogens with one attached hydrogen (secondary N) is 1. The van der Waals surface area contributed by atoms with Gasteiger partial charge in [0.15, 0.2) is 6.61 Å². The second kappa shape index (κ2) is 6.82. The van der Waals surface area contributed by atoms with E-state index >= 15 is 0 Å². The van der Waals surface area contributed by atoms with Gasteiger partial charge in [0.05, 0.1) is 5.69 Å². The number of carbonyl (C=O) groups is 1. The zero-order valence-electron chi connectivity index (χ0n) is 14.3. The van der Waals surface area contributed by atoms with Gasteiger partial charge in [0.1, 0.15) is 12.1 Å². The van der Waals surface area contributed by atoms with Gasteiger partial charge in [0.25, 0.3) is 5.91 Å². The van der Waals surface area contributed by atoms with Crippen molar-refractivity contribution in [2.45, 2.75) is 38.6 Å². The van der Waals surface area contributed by atoms with Gasteiger partial charge in [-0.1, -0.05) is 6.42 Å². The van der Waals surface area contributed by atoms with Crippen LogP contribution in [0.1, 0.15) is 32.6 Å². The predicted octanol–water partition coefficient (Wildman–Crippen LogP) is 1.98. The monoisotopic (exact) mass is 341 g/mol. The smallest absolute Gasteiger partial charge is 0.258 e. The standard InChI is InChI=1S/C18H23N5O2/c1-12(17-9-13-2-3-14(17)8-13)20-18(24)10-25-16-6-4-15(5-7-16)23-11-19-21-22-23/h4-7,11-14,17H,2-3,8-10H2,1H3,(H,20,24). The Kier molecular flexibility index (Phi) is 4.38. The number of aromatic nitrogens is 4. The highest BCUT2D eigenvalue weighted by atomic mass is 16.5. The minimum Gasteiger partial charge on any atom is -0.484 e. The molecule has 7 nitrogen and oxygen atoms in total. The molecular weight excluding hydrogens is 318 g/mol. The van der Waals surface area contributed by atoms with E-state index in [-0.39, 0.29) is 18.6 Å². The maximum atomic E-state index is 12.2. The highest BCUT2D eigenvalue weighted by molar-refractivity contribution is 5.77. The zero-order valence-corrected chi connectivity index (χ0v) is 14.3. The van der Waals surface area contributed by atoms with Crippen molar-refractivity contribution in [1.82, 2.24) is 25.5 Å². The molecule has 1 aromatic carbocycles. The summed E-state index contributed by atoms with van der Waals surface area (Å²) in [7, 11) is 0. The first-order chi connectivity index (χ1) is 12.2. The van der Waals surface area contributed by atoms with E-state index in [4.69, 9.17) is 4.74 Å². The molecule has 2 saturated carbocycles. The fourth-order valence-electron chi connectivity index (χ4n) is 4.43. The molecule has 1 heterocycles. The SMILES string of the molecule is CC(NC(=O)COc1ccc(-n2cnnn2)cc1)C1CC2CCC1C2. The highest BCUT2D eigenvalue weighted by Gasteiger charge is 2.42. The number of fused-ring (bicyclic) bond motifs is 2. The summed E-state index contributed by atoms with van der Waals surface area (Å²) < 4.78 is 7.16. The molecule has 7 heteroatoms. The van der Waals surface area contributed by atoms with E-state index in [9.17, 15) is 4.79 Å². The highest BCUT2D eigenvalue weighted by Crippen LogP contribution is 2.49. The van der Waals surface area contributed by atoms with Crippen LogP contribution in [0.4, 0.5) is 0 Å². The Hall–Kier alpha value is -2.44. The van der Waals surface area contributed by atoms with Crippen molar-refractivity contribution in [2.24, 2.45) is 17.8 Å². The van der Waals surface area contributed by atoms with Crippen LogP contribution in [0.3, 0.4) is 0 Å². The maximum absolute atomic E-state index is 12.2. The van der Waals surface area contributed by atoms with Crippen molar-refractivity contribution < 1.29 is 9.53 Å². The van der Waals surface area contributed by atoms with Crippen LogP contribution >= 0.6 is 0 Å². The van der Waals surface area contributed by atoms with Crippen LogP contribution < -0.4 is 10.1 Å². The second-order valence-corrected chi connectivity index (χ2v) is 7.23. The van der Waals surface area contributed by atoms with Gasteiger partial charge >= 0.3 is 0 Å². The summed E-state index contributed by atoms with van der Waals surface area (Å²) in [5, 5.41) is 14.1. The Balaban J connectivity index is 1.26. The molecule has 2 aliphatic carbocycles. The van der Waals surface area contributed by atoms with Crippen LogP contribution in [0.15, 0.2) is 30.6 Å². The number of tetrazole rings is 1. The minimum atomic E-state index is -0.0557. The van der Waals surface area contributed by atoms with Gasteiger partial charge in [-0.3, -0.25) is 4.79 Å². The Labute approximate surface area is 146 Å². The van der Waals surface area contributed by atoms with Gasteiger partial charge in [0.2, 0.25) is 0 Å². The number of benzene rings is 1. The topological polar surface area (TPSA) is 81.9 Å². The number of carbonyl (C=O) groups excluding carboxylic acids is 1. The van der Waals surface area contributed by atoms with Crippen molar-refractivity contribution >= 4 is 5.91 Å². The quantitative estimate of drug-likeness (QED) is 0.869. The van der Waals surface area contributed by atoms with Gasteiger partial charge in [-0.05, 0) is 78.6 Å². The van der Waals surface area contributed by atoms with E-state index in [2.05, 4.69) is 27.8 Å². The number of nitrogens with zero attached hydrogens (tertiary/aromatic N) is 4. The summed E-state index contributed by atoms with van der Waals surface area (Å²) in [6.45, 7) is 2.17. The van der Waals surface area contributed by atoms with Crippen LogP contribution in [0, 0.1) is 17.8 Å². The molecule has 0 aliphatic heterocycles. The third-order valence-electron chi connectivity index (χ3n) is 5.64. The Morgan fingerprint density at radius 3 is 2.80 bits per heavy atom. The van der Waals surface area contributed by atoms with Crippen LogP contribution in [0.25, 0.3) is 5.69 Å². The molecule has 0 spiro atoms. The van der Waals surface area contributed by atoms with Crippen molar-refractivity contribution in [3.8, 4) is 11.4 Å². The summed E-state index contributed by atoms with van der Waals surface area (Å²) in [5.74, 6) is 2.93. The molecule has 0 radical (unpaired) electrons. The molecule has 2 bridgehead atoms. The molecule has 1 N–H and O–H groups in total. The van der Waals surface area contributed by atoms with E-state index in [0.717, 1.165) is 17.5 Å². The van der Waals surface area contributed by atoms with Crippen LogP contribution in [0.5, 0.6) is 5.75 Å². The van der Waals surface area contributed by atoms with Crippen LogP contribution in [-0.2, 0) is 4.79 Å². The molecule has 4 atom stereocenters. The molecule has 0 saturated heterocycles. The molecule has 132 valence electrons. The molecule has 4 rings (SSSR count). The lowest BCUT2D eigenvalue weighted by atomic mass is 9.84. The number of amides is 1. The number of ether oxygens (including phenoxy) is 1. The molecule has 2 fully saturated rings. The Bertz CT molecular complexity index is 716. The lowest BCUT2D eigenvalue weighted by Crippen LogP contribution is -2.42. The van der Waals surface area contributed by atoms with Crippen LogP contribution in [0.2, 0.25) is 0 Å². The summed E-state index contributed by atoms with van der Waals surface area (Å²) in [4.78, 5) is 12.2. The average molecular weight is 341 g/mol. The molecule has 4 unspecified atom stereocenters. The van der Waals surface area contributed by atoms with Gasteiger partial charge in [-0.2, -0.15) is 0 Å². The molecule has 2 aromatic rings. The predicted molar refractivity (Wildman–Crippen MR) is 91.2 cm³/mol. The van der Waals surface area contributed by atoms with E-state index in [1.807, 2.05) is 24.3 Å². The first kappa shape index (κ1) is 16.1. The minimum absolute atomic E-state index is 0.0371. The zero-order chi connectivity index (χ0) is 17.2. The van der Waals surface area contributed by atoms with Crippen molar-refractivity contribution in [3.63, 3.8) is 0 Å². The van der Waals surface area contributed by atoms with Gasteiger partial charge in [-0.15, -0.1) is 5.10 Å². The van der Waals surface area contributed by atoms with Gasteiger partial charge < -0.3 is 10.1 Å². The molecular formula is C18H23N5O2. The second-order valence-electron chi connectivity index (χ2n) is 7.23. The molecule has 1 aromatic heterocycles. The van der Waals surface area contributed by atoms with Crippen molar-refractivity contribution in [3.05, 3.63) is 30.6 Å². The fraction of sp³-hybridized carbons (Fsp3) is 0.556. The maximum Gasteiger partial charge on any atom is 0.258 e. The Morgan fingerprint density at radius 1 is 1.32 bits per heavy atom. The number of rotatable bonds is 6. The summed E-state index contributed by atoms with van der Waals surface area (Å²) >= 11 is 0. The van der Waals surface area contributed by atoms with E-state index in [1.165, 1.54) is 32.0 Å². The first-order valence-electron chi connectivity index (χ1n) is 8.94. The van der Waals surface area contributed by atoms with E-state index in [0.29, 0.717) is 11.7 Å². The Morgan fingerprint density at radius 2 is 2.16 bits per heavy atom. The fourth-order valence-corrected chi connectivity index (χ4v) is 4.43. The molecule has 1 amide bonds. The van der Waals surface area contributed by atoms with Gasteiger partial charge in [0, 0.05) is 6.04 Å². The number of hydrogen-bond donors (Lipinski definition) is 1. The normalized spacial score (nSPS) is 25.7. The van der Waals surface area contributed by atoms with Crippen LogP contribution in [-0.4, -0.2) is 38.8 Å². The largest absolute Gasteiger partial charge is 0.484 e. The first-order valence-corrected chi connectivity index (χ1v) is 8.94. The average Bonchev–Trinajstić information content (AvgIpc) is 3.37. The van der Waals surface area contributed by atoms with Crippen molar-refractivity contribution in [1.29, 1.82) is 0 Å². The molecule has 25 heavy (non-hydrogen) atoms. The number of hydrogen-bond acceptors (Lipinski definition) is 5. The van der Waals surface area contributed by atoms with E-state index < -0.39 is 0 Å². The van der Waals surface area contributed by atoms with Gasteiger partial charge in [-0.25, -0.2) is 4.68 Å². The lowest BCUT2D eigenvalue weighted by molar-refractivity contribution is -0.124. The summed E-state index contributed by atoms with van der Waals surface area (Å²) in [5.41, 5.74) is 0.840. The summed E-state index contributed by atoms with van der Waals surface area (Å²) in [6.07, 6.45) is 6.87. The third-order valence-corrected chi connectivity index (χ3v) is 5.64. The lowest BCUT2D eigenvalue weighted by Gasteiger charge is -2.28.